The van der Waals surface area contributed by atoms with Crippen LogP contribution >= 0.6 is 11.6 Å². The number of rotatable bonds is 2. The molecule has 1 atom stereocenters. The first-order valence-electron chi connectivity index (χ1n) is 6.50. The fourth-order valence-electron chi connectivity index (χ4n) is 2.54. The van der Waals surface area contributed by atoms with Crippen LogP contribution in [0.5, 0.6) is 5.75 Å². The number of hydrogen-bond donors (Lipinski definition) is 0. The van der Waals surface area contributed by atoms with Crippen molar-refractivity contribution >= 4 is 17.5 Å². The zero-order valence-corrected chi connectivity index (χ0v) is 11.4. The van der Waals surface area contributed by atoms with Crippen LogP contribution in [0.3, 0.4) is 0 Å². The zero-order valence-electron chi connectivity index (χ0n) is 10.6. The standard InChI is InChI=1S/C14H16ClNO3/c15-8-12-9-18-6-4-16(12)14(17)11-1-2-13-10(7-11)3-5-19-13/h1-2,7,12H,3-6,8-9H2. The Morgan fingerprint density at radius 3 is 3.16 bits per heavy atom. The molecule has 19 heavy (non-hydrogen) atoms. The van der Waals surface area contributed by atoms with Gasteiger partial charge in [0, 0.05) is 24.4 Å². The third-order valence-corrected chi connectivity index (χ3v) is 3.96. The molecule has 2 aliphatic heterocycles. The van der Waals surface area contributed by atoms with Crippen LogP contribution in [0.4, 0.5) is 0 Å². The van der Waals surface area contributed by atoms with Gasteiger partial charge in [-0.15, -0.1) is 11.6 Å². The van der Waals surface area contributed by atoms with Crippen molar-refractivity contribution in [2.24, 2.45) is 0 Å². The average Bonchev–Trinajstić information content (AvgIpc) is 2.93. The van der Waals surface area contributed by atoms with Crippen LogP contribution < -0.4 is 4.74 Å². The summed E-state index contributed by atoms with van der Waals surface area (Å²) < 4.78 is 10.8. The Balaban J connectivity index is 1.82. The average molecular weight is 282 g/mol. The predicted octanol–water partition coefficient (Wildman–Crippen LogP) is 1.70. The van der Waals surface area contributed by atoms with Gasteiger partial charge in [0.1, 0.15) is 5.75 Å². The summed E-state index contributed by atoms with van der Waals surface area (Å²) >= 11 is 5.91. The van der Waals surface area contributed by atoms with Gasteiger partial charge in [-0.05, 0) is 23.8 Å². The van der Waals surface area contributed by atoms with Crippen molar-refractivity contribution < 1.29 is 14.3 Å². The van der Waals surface area contributed by atoms with Crippen LogP contribution in [0.15, 0.2) is 18.2 Å². The van der Waals surface area contributed by atoms with Crippen molar-refractivity contribution in [1.82, 2.24) is 4.90 Å². The quantitative estimate of drug-likeness (QED) is 0.775. The monoisotopic (exact) mass is 281 g/mol. The Kier molecular flexibility index (Phi) is 3.62. The van der Waals surface area contributed by atoms with Crippen molar-refractivity contribution in [3.63, 3.8) is 0 Å². The van der Waals surface area contributed by atoms with Crippen LogP contribution in [-0.2, 0) is 11.2 Å². The number of nitrogens with zero attached hydrogens (tertiary/aromatic N) is 1. The molecule has 1 fully saturated rings. The molecule has 0 saturated carbocycles. The molecule has 1 saturated heterocycles. The molecule has 2 heterocycles. The first-order chi connectivity index (χ1) is 9.29. The molecule has 1 aromatic rings. The molecule has 4 nitrogen and oxygen atoms in total. The van der Waals surface area contributed by atoms with E-state index in [2.05, 4.69) is 0 Å². The summed E-state index contributed by atoms with van der Waals surface area (Å²) in [6.45, 7) is 2.40. The number of amides is 1. The minimum absolute atomic E-state index is 0.0312. The maximum atomic E-state index is 12.5. The van der Waals surface area contributed by atoms with E-state index in [4.69, 9.17) is 21.1 Å². The van der Waals surface area contributed by atoms with E-state index in [1.54, 1.807) is 0 Å². The lowest BCUT2D eigenvalue weighted by molar-refractivity contribution is 0.00456. The smallest absolute Gasteiger partial charge is 0.254 e. The molecule has 1 unspecified atom stereocenters. The van der Waals surface area contributed by atoms with Gasteiger partial charge in [0.25, 0.3) is 5.91 Å². The van der Waals surface area contributed by atoms with E-state index in [1.165, 1.54) is 0 Å². The molecule has 2 aliphatic rings. The van der Waals surface area contributed by atoms with Gasteiger partial charge in [0.05, 0.1) is 25.9 Å². The highest BCUT2D eigenvalue weighted by Crippen LogP contribution is 2.26. The molecule has 1 aromatic carbocycles. The maximum Gasteiger partial charge on any atom is 0.254 e. The first kappa shape index (κ1) is 12.8. The Bertz CT molecular complexity index is 492. The highest BCUT2D eigenvalue weighted by molar-refractivity contribution is 6.18. The lowest BCUT2D eigenvalue weighted by Gasteiger charge is -2.34. The number of carbonyl (C=O) groups excluding carboxylic acids is 1. The van der Waals surface area contributed by atoms with E-state index in [0.717, 1.165) is 17.7 Å². The summed E-state index contributed by atoms with van der Waals surface area (Å²) in [6.07, 6.45) is 0.874. The molecule has 3 rings (SSSR count). The summed E-state index contributed by atoms with van der Waals surface area (Å²) in [5, 5.41) is 0. The van der Waals surface area contributed by atoms with Gasteiger partial charge in [-0.2, -0.15) is 0 Å². The minimum Gasteiger partial charge on any atom is -0.493 e. The van der Waals surface area contributed by atoms with Gasteiger partial charge in [-0.3, -0.25) is 4.79 Å². The topological polar surface area (TPSA) is 38.8 Å². The molecule has 0 bridgehead atoms. The molecule has 0 aliphatic carbocycles. The summed E-state index contributed by atoms with van der Waals surface area (Å²) in [6, 6.07) is 5.61. The molecule has 1 amide bonds. The number of morpholine rings is 1. The number of ether oxygens (including phenoxy) is 2. The van der Waals surface area contributed by atoms with E-state index >= 15 is 0 Å². The SMILES string of the molecule is O=C(c1ccc2c(c1)CCO2)N1CCOCC1CCl. The number of fused-ring (bicyclic) bond motifs is 1. The van der Waals surface area contributed by atoms with Crippen molar-refractivity contribution in [3.05, 3.63) is 29.3 Å². The number of halogens is 1. The number of alkyl halides is 1. The molecular weight excluding hydrogens is 266 g/mol. The zero-order chi connectivity index (χ0) is 13.2. The van der Waals surface area contributed by atoms with Gasteiger partial charge >= 0.3 is 0 Å². The van der Waals surface area contributed by atoms with Crippen LogP contribution in [-0.4, -0.2) is 49.1 Å². The summed E-state index contributed by atoms with van der Waals surface area (Å²) in [5.41, 5.74) is 1.82. The highest BCUT2D eigenvalue weighted by atomic mass is 35.5. The van der Waals surface area contributed by atoms with Gasteiger partial charge in [-0.1, -0.05) is 0 Å². The van der Waals surface area contributed by atoms with E-state index < -0.39 is 0 Å². The second-order valence-corrected chi connectivity index (χ2v) is 5.11. The highest BCUT2D eigenvalue weighted by Gasteiger charge is 2.28. The maximum absolute atomic E-state index is 12.5. The van der Waals surface area contributed by atoms with Crippen molar-refractivity contribution in [2.75, 3.05) is 32.2 Å². The van der Waals surface area contributed by atoms with Gasteiger partial charge in [-0.25, -0.2) is 0 Å². The molecule has 5 heteroatoms. The molecule has 0 radical (unpaired) electrons. The first-order valence-corrected chi connectivity index (χ1v) is 7.03. The third-order valence-electron chi connectivity index (χ3n) is 3.60. The number of hydrogen-bond acceptors (Lipinski definition) is 3. The Morgan fingerprint density at radius 2 is 2.32 bits per heavy atom. The van der Waals surface area contributed by atoms with Gasteiger partial charge in [0.2, 0.25) is 0 Å². The fraction of sp³-hybridized carbons (Fsp3) is 0.500. The van der Waals surface area contributed by atoms with Crippen molar-refractivity contribution in [3.8, 4) is 5.75 Å². The van der Waals surface area contributed by atoms with E-state index in [1.807, 2.05) is 23.1 Å². The summed E-state index contributed by atoms with van der Waals surface area (Å²) in [7, 11) is 0. The summed E-state index contributed by atoms with van der Waals surface area (Å²) in [5.74, 6) is 1.33. The second-order valence-electron chi connectivity index (χ2n) is 4.80. The Labute approximate surface area is 117 Å². The minimum atomic E-state index is -0.0348. The molecule has 0 aromatic heterocycles. The van der Waals surface area contributed by atoms with Crippen molar-refractivity contribution in [2.45, 2.75) is 12.5 Å². The largest absolute Gasteiger partial charge is 0.493 e. The molecule has 102 valence electrons. The number of carbonyl (C=O) groups is 1. The van der Waals surface area contributed by atoms with Crippen molar-refractivity contribution in [1.29, 1.82) is 0 Å². The predicted molar refractivity (Wildman–Crippen MR) is 72.0 cm³/mol. The fourth-order valence-corrected chi connectivity index (χ4v) is 2.79. The Morgan fingerprint density at radius 1 is 1.42 bits per heavy atom. The van der Waals surface area contributed by atoms with Gasteiger partial charge < -0.3 is 14.4 Å². The lowest BCUT2D eigenvalue weighted by atomic mass is 10.1. The second kappa shape index (κ2) is 5.39. The van der Waals surface area contributed by atoms with Crippen LogP contribution in [0, 0.1) is 0 Å². The normalized spacial score (nSPS) is 21.9. The van der Waals surface area contributed by atoms with Crippen LogP contribution in [0.25, 0.3) is 0 Å². The number of benzene rings is 1. The molecule has 0 N–H and O–H groups in total. The van der Waals surface area contributed by atoms with Crippen LogP contribution in [0.1, 0.15) is 15.9 Å². The van der Waals surface area contributed by atoms with E-state index in [-0.39, 0.29) is 11.9 Å². The van der Waals surface area contributed by atoms with Crippen LogP contribution in [0.2, 0.25) is 0 Å². The van der Waals surface area contributed by atoms with E-state index in [0.29, 0.717) is 37.8 Å². The third kappa shape index (κ3) is 2.42. The lowest BCUT2D eigenvalue weighted by Crippen LogP contribution is -2.49. The molecule has 0 spiro atoms. The van der Waals surface area contributed by atoms with E-state index in [9.17, 15) is 4.79 Å². The Hall–Kier alpha value is -1.26. The summed E-state index contributed by atoms with van der Waals surface area (Å²) in [4.78, 5) is 14.4. The molecular formula is C14H16ClNO3. The van der Waals surface area contributed by atoms with Gasteiger partial charge in [0.15, 0.2) is 0 Å².